The van der Waals surface area contributed by atoms with Gasteiger partial charge in [-0.3, -0.25) is 0 Å². The molecule has 0 spiro atoms. The monoisotopic (exact) mass is 243 g/mol. The predicted molar refractivity (Wildman–Crippen MR) is 61.4 cm³/mol. The second kappa shape index (κ2) is 4.88. The van der Waals surface area contributed by atoms with Gasteiger partial charge < -0.3 is 9.52 Å². The topological polar surface area (TPSA) is 46.3 Å². The number of thioether (sulfide) groups is 1. The average Bonchev–Trinajstić information content (AvgIpc) is 2.60. The summed E-state index contributed by atoms with van der Waals surface area (Å²) < 4.78 is 5.48. The zero-order valence-corrected chi connectivity index (χ0v) is 9.51. The third-order valence-corrected chi connectivity index (χ3v) is 3.01. The molecule has 2 rings (SSSR count). The molecule has 0 atom stereocenters. The van der Waals surface area contributed by atoms with Crippen LogP contribution in [0.15, 0.2) is 27.8 Å². The summed E-state index contributed by atoms with van der Waals surface area (Å²) >= 11 is 7.33. The maximum absolute atomic E-state index is 8.64. The SMILES string of the molecule is OCCCSc1nc2cc(Cl)ccc2o1. The third kappa shape index (κ3) is 2.65. The number of aliphatic hydroxyl groups excluding tert-OH is 1. The standard InChI is InChI=1S/C10H10ClNO2S/c11-7-2-3-9-8(6-7)12-10(14-9)15-5-1-4-13/h2-3,6,13H,1,4-5H2. The molecule has 0 radical (unpaired) electrons. The van der Waals surface area contributed by atoms with Gasteiger partial charge in [-0.05, 0) is 24.6 Å². The second-order valence-corrected chi connectivity index (χ2v) is 4.50. The molecule has 0 bridgehead atoms. The minimum Gasteiger partial charge on any atom is -0.431 e. The van der Waals surface area contributed by atoms with E-state index in [2.05, 4.69) is 4.98 Å². The number of benzene rings is 1. The van der Waals surface area contributed by atoms with Crippen LogP contribution in [0.2, 0.25) is 5.02 Å². The second-order valence-electron chi connectivity index (χ2n) is 3.02. The number of halogens is 1. The first kappa shape index (κ1) is 10.8. The van der Waals surface area contributed by atoms with Crippen molar-refractivity contribution in [3.8, 4) is 0 Å². The smallest absolute Gasteiger partial charge is 0.256 e. The summed E-state index contributed by atoms with van der Waals surface area (Å²) in [4.78, 5) is 4.28. The van der Waals surface area contributed by atoms with Gasteiger partial charge in [-0.2, -0.15) is 0 Å². The van der Waals surface area contributed by atoms with Gasteiger partial charge in [0, 0.05) is 17.4 Å². The summed E-state index contributed by atoms with van der Waals surface area (Å²) in [5, 5.41) is 9.92. The Balaban J connectivity index is 2.16. The number of rotatable bonds is 4. The zero-order chi connectivity index (χ0) is 10.7. The van der Waals surface area contributed by atoms with E-state index in [4.69, 9.17) is 21.1 Å². The lowest BCUT2D eigenvalue weighted by Crippen LogP contribution is -1.84. The minimum absolute atomic E-state index is 0.194. The van der Waals surface area contributed by atoms with E-state index in [9.17, 15) is 0 Å². The number of nitrogens with zero attached hydrogens (tertiary/aromatic N) is 1. The Morgan fingerprint density at radius 2 is 2.33 bits per heavy atom. The molecule has 1 N–H and O–H groups in total. The molecule has 2 aromatic rings. The first-order valence-corrected chi connectivity index (χ1v) is 5.96. The quantitative estimate of drug-likeness (QED) is 0.663. The molecular formula is C10H10ClNO2S. The van der Waals surface area contributed by atoms with E-state index < -0.39 is 0 Å². The molecule has 80 valence electrons. The average molecular weight is 244 g/mol. The summed E-state index contributed by atoms with van der Waals surface area (Å²) in [5.74, 6) is 0.803. The van der Waals surface area contributed by atoms with Crippen LogP contribution in [0.25, 0.3) is 11.1 Å². The van der Waals surface area contributed by atoms with Gasteiger partial charge in [0.1, 0.15) is 5.52 Å². The molecule has 0 aliphatic carbocycles. The zero-order valence-electron chi connectivity index (χ0n) is 7.94. The first-order chi connectivity index (χ1) is 7.29. The lowest BCUT2D eigenvalue weighted by atomic mass is 10.3. The van der Waals surface area contributed by atoms with Crippen molar-refractivity contribution in [1.29, 1.82) is 0 Å². The summed E-state index contributed by atoms with van der Waals surface area (Å²) in [7, 11) is 0. The molecule has 0 unspecified atom stereocenters. The number of oxazole rings is 1. The molecule has 0 saturated heterocycles. The van der Waals surface area contributed by atoms with E-state index in [1.807, 2.05) is 0 Å². The van der Waals surface area contributed by atoms with E-state index in [1.54, 1.807) is 18.2 Å². The highest BCUT2D eigenvalue weighted by Crippen LogP contribution is 2.25. The fourth-order valence-corrected chi connectivity index (χ4v) is 2.09. The van der Waals surface area contributed by atoms with E-state index in [1.165, 1.54) is 11.8 Å². The van der Waals surface area contributed by atoms with Crippen LogP contribution < -0.4 is 0 Å². The van der Waals surface area contributed by atoms with Crippen molar-refractivity contribution in [2.45, 2.75) is 11.6 Å². The van der Waals surface area contributed by atoms with Crippen molar-refractivity contribution in [2.24, 2.45) is 0 Å². The molecule has 1 heterocycles. The molecule has 0 amide bonds. The fourth-order valence-electron chi connectivity index (χ4n) is 1.17. The van der Waals surface area contributed by atoms with E-state index in [0.717, 1.165) is 23.3 Å². The van der Waals surface area contributed by atoms with Gasteiger partial charge in [-0.15, -0.1) is 0 Å². The highest BCUT2D eigenvalue weighted by molar-refractivity contribution is 7.99. The van der Waals surface area contributed by atoms with Crippen molar-refractivity contribution in [2.75, 3.05) is 12.4 Å². The van der Waals surface area contributed by atoms with Crippen molar-refractivity contribution in [1.82, 2.24) is 4.98 Å². The molecule has 0 saturated carbocycles. The van der Waals surface area contributed by atoms with Crippen molar-refractivity contribution < 1.29 is 9.52 Å². The van der Waals surface area contributed by atoms with Crippen LogP contribution in [0, 0.1) is 0 Å². The minimum atomic E-state index is 0.194. The van der Waals surface area contributed by atoms with Crippen LogP contribution in [0.5, 0.6) is 0 Å². The van der Waals surface area contributed by atoms with Gasteiger partial charge in [0.2, 0.25) is 0 Å². The van der Waals surface area contributed by atoms with Crippen LogP contribution in [0.1, 0.15) is 6.42 Å². The maximum atomic E-state index is 8.64. The fraction of sp³-hybridized carbons (Fsp3) is 0.300. The lowest BCUT2D eigenvalue weighted by molar-refractivity contribution is 0.296. The first-order valence-electron chi connectivity index (χ1n) is 4.59. The highest BCUT2D eigenvalue weighted by atomic mass is 35.5. The van der Waals surface area contributed by atoms with Gasteiger partial charge in [0.25, 0.3) is 5.22 Å². The largest absolute Gasteiger partial charge is 0.431 e. The Bertz CT molecular complexity index is 458. The summed E-state index contributed by atoms with van der Waals surface area (Å²) in [6.45, 7) is 0.194. The molecule has 3 nitrogen and oxygen atoms in total. The molecule has 5 heteroatoms. The van der Waals surface area contributed by atoms with E-state index >= 15 is 0 Å². The number of hydrogen-bond acceptors (Lipinski definition) is 4. The number of hydrogen-bond donors (Lipinski definition) is 1. The normalized spacial score (nSPS) is 11.1. The Morgan fingerprint density at radius 1 is 1.47 bits per heavy atom. The van der Waals surface area contributed by atoms with Crippen molar-refractivity contribution in [3.05, 3.63) is 23.2 Å². The third-order valence-electron chi connectivity index (χ3n) is 1.86. The molecule has 0 fully saturated rings. The Kier molecular flexibility index (Phi) is 3.51. The Morgan fingerprint density at radius 3 is 3.13 bits per heavy atom. The van der Waals surface area contributed by atoms with Gasteiger partial charge in [-0.1, -0.05) is 23.4 Å². The summed E-state index contributed by atoms with van der Waals surface area (Å²) in [5.41, 5.74) is 1.51. The van der Waals surface area contributed by atoms with E-state index in [0.29, 0.717) is 10.2 Å². The predicted octanol–water partition coefficient (Wildman–Crippen LogP) is 2.96. The van der Waals surface area contributed by atoms with Crippen LogP contribution >= 0.6 is 23.4 Å². The summed E-state index contributed by atoms with van der Waals surface area (Å²) in [6.07, 6.45) is 0.740. The van der Waals surface area contributed by atoms with Gasteiger partial charge >= 0.3 is 0 Å². The molecule has 0 aliphatic heterocycles. The van der Waals surface area contributed by atoms with Crippen LogP contribution in [-0.2, 0) is 0 Å². The number of aromatic nitrogens is 1. The van der Waals surface area contributed by atoms with Crippen LogP contribution in [0.3, 0.4) is 0 Å². The van der Waals surface area contributed by atoms with Crippen molar-refractivity contribution >= 4 is 34.5 Å². The van der Waals surface area contributed by atoms with Crippen LogP contribution in [-0.4, -0.2) is 22.5 Å². The number of aliphatic hydroxyl groups is 1. The summed E-state index contributed by atoms with van der Waals surface area (Å²) in [6, 6.07) is 5.36. The van der Waals surface area contributed by atoms with Gasteiger partial charge in [-0.25, -0.2) is 4.98 Å². The molecule has 1 aromatic carbocycles. The van der Waals surface area contributed by atoms with Crippen molar-refractivity contribution in [3.63, 3.8) is 0 Å². The molecule has 15 heavy (non-hydrogen) atoms. The maximum Gasteiger partial charge on any atom is 0.256 e. The number of fused-ring (bicyclic) bond motifs is 1. The van der Waals surface area contributed by atoms with E-state index in [-0.39, 0.29) is 6.61 Å². The van der Waals surface area contributed by atoms with Crippen LogP contribution in [0.4, 0.5) is 0 Å². The molecule has 0 aliphatic rings. The van der Waals surface area contributed by atoms with Gasteiger partial charge in [0.15, 0.2) is 5.58 Å². The molecular weight excluding hydrogens is 234 g/mol. The lowest BCUT2D eigenvalue weighted by Gasteiger charge is -1.91. The highest BCUT2D eigenvalue weighted by Gasteiger charge is 2.05. The molecule has 1 aromatic heterocycles. The Labute approximate surface area is 96.4 Å². The Hall–Kier alpha value is -0.710. The van der Waals surface area contributed by atoms with Gasteiger partial charge in [0.05, 0.1) is 0 Å².